The first-order valence-electron chi connectivity index (χ1n) is 6.93. The van der Waals surface area contributed by atoms with E-state index in [1.54, 1.807) is 0 Å². The summed E-state index contributed by atoms with van der Waals surface area (Å²) in [6, 6.07) is 4.07. The summed E-state index contributed by atoms with van der Waals surface area (Å²) in [5.41, 5.74) is 0.316. The van der Waals surface area contributed by atoms with Gasteiger partial charge in [0.15, 0.2) is 0 Å². The second-order valence-electron chi connectivity index (χ2n) is 5.21. The van der Waals surface area contributed by atoms with E-state index >= 15 is 0 Å². The van der Waals surface area contributed by atoms with Crippen LogP contribution in [0, 0.1) is 20.2 Å². The standard InChI is InChI=1S/C14H18N2O8/c1-21-13(22-2)11(9-5-7-10(8-6-9)15(17)18)12(16(19)20)14(13,23-3)24-4/h5-8,11-12H,1-4H3/t11-,12+/m1/s1. The van der Waals surface area contributed by atoms with E-state index in [-0.39, 0.29) is 5.69 Å². The molecule has 1 aromatic carbocycles. The Balaban J connectivity index is 2.56. The summed E-state index contributed by atoms with van der Waals surface area (Å²) in [4.78, 5) is 21.3. The molecule has 0 radical (unpaired) electrons. The zero-order chi connectivity index (χ0) is 18.1. The van der Waals surface area contributed by atoms with Crippen molar-refractivity contribution >= 4 is 5.69 Å². The van der Waals surface area contributed by atoms with E-state index in [2.05, 4.69) is 0 Å². The van der Waals surface area contributed by atoms with Gasteiger partial charge in [0.25, 0.3) is 17.5 Å². The second kappa shape index (κ2) is 6.40. The van der Waals surface area contributed by atoms with Gasteiger partial charge in [-0.3, -0.25) is 20.2 Å². The van der Waals surface area contributed by atoms with Crippen molar-refractivity contribution < 1.29 is 28.8 Å². The van der Waals surface area contributed by atoms with Gasteiger partial charge in [-0.25, -0.2) is 0 Å². The maximum atomic E-state index is 11.6. The van der Waals surface area contributed by atoms with Crippen molar-refractivity contribution in [3.05, 3.63) is 50.1 Å². The average molecular weight is 342 g/mol. The predicted octanol–water partition coefficient (Wildman–Crippen LogP) is 1.32. The summed E-state index contributed by atoms with van der Waals surface area (Å²) in [5, 5.41) is 22.4. The summed E-state index contributed by atoms with van der Waals surface area (Å²) in [6.45, 7) is 0. The number of nitrogens with zero attached hydrogens (tertiary/aromatic N) is 2. The van der Waals surface area contributed by atoms with Gasteiger partial charge in [-0.05, 0) is 5.56 Å². The average Bonchev–Trinajstić information content (AvgIpc) is 2.56. The quantitative estimate of drug-likeness (QED) is 0.413. The van der Waals surface area contributed by atoms with Crippen LogP contribution in [-0.2, 0) is 18.9 Å². The predicted molar refractivity (Wildman–Crippen MR) is 80.1 cm³/mol. The first-order valence-corrected chi connectivity index (χ1v) is 6.93. The Morgan fingerprint density at radius 1 is 0.875 bits per heavy atom. The van der Waals surface area contributed by atoms with E-state index in [0.717, 1.165) is 0 Å². The van der Waals surface area contributed by atoms with Crippen LogP contribution in [0.5, 0.6) is 0 Å². The van der Waals surface area contributed by atoms with E-state index in [0.29, 0.717) is 5.56 Å². The molecule has 2 atom stereocenters. The van der Waals surface area contributed by atoms with Gasteiger partial charge < -0.3 is 18.9 Å². The number of ether oxygens (including phenoxy) is 4. The van der Waals surface area contributed by atoms with Crippen LogP contribution in [0.1, 0.15) is 11.5 Å². The molecule has 24 heavy (non-hydrogen) atoms. The SMILES string of the molecule is COC1(OC)[C@H](c2ccc([N+](=O)[O-])cc2)[C@H]([N+](=O)[O-])C1(OC)OC. The topological polar surface area (TPSA) is 123 Å². The van der Waals surface area contributed by atoms with Crippen molar-refractivity contribution in [1.29, 1.82) is 0 Å². The van der Waals surface area contributed by atoms with E-state index in [9.17, 15) is 20.2 Å². The van der Waals surface area contributed by atoms with Crippen LogP contribution in [0.25, 0.3) is 0 Å². The number of hydrogen-bond acceptors (Lipinski definition) is 8. The fourth-order valence-corrected chi connectivity index (χ4v) is 3.45. The monoisotopic (exact) mass is 342 g/mol. The normalized spacial score (nSPS) is 24.2. The van der Waals surface area contributed by atoms with Crippen LogP contribution in [0.2, 0.25) is 0 Å². The van der Waals surface area contributed by atoms with Crippen molar-refractivity contribution in [2.24, 2.45) is 0 Å². The van der Waals surface area contributed by atoms with E-state index in [1.807, 2.05) is 0 Å². The summed E-state index contributed by atoms with van der Waals surface area (Å²) in [7, 11) is 5.17. The van der Waals surface area contributed by atoms with Gasteiger partial charge in [-0.1, -0.05) is 12.1 Å². The largest absolute Gasteiger partial charge is 0.348 e. The van der Waals surface area contributed by atoms with Crippen LogP contribution >= 0.6 is 0 Å². The Hall–Kier alpha value is -2.14. The molecule has 0 aliphatic heterocycles. The molecule has 0 amide bonds. The summed E-state index contributed by atoms with van der Waals surface area (Å²) in [6.07, 6.45) is 0. The third kappa shape index (κ3) is 2.18. The maximum absolute atomic E-state index is 11.6. The van der Waals surface area contributed by atoms with E-state index in [1.165, 1.54) is 52.7 Å². The zero-order valence-electron chi connectivity index (χ0n) is 13.6. The van der Waals surface area contributed by atoms with Gasteiger partial charge in [0, 0.05) is 45.5 Å². The molecule has 0 heterocycles. The number of nitro benzene ring substituents is 1. The molecule has 0 bridgehead atoms. The molecule has 1 aromatic rings. The third-order valence-electron chi connectivity index (χ3n) is 4.50. The number of methoxy groups -OCH3 is 4. The first kappa shape index (κ1) is 18.2. The van der Waals surface area contributed by atoms with Crippen LogP contribution < -0.4 is 0 Å². The molecule has 10 nitrogen and oxygen atoms in total. The minimum atomic E-state index is -1.76. The van der Waals surface area contributed by atoms with E-state index < -0.39 is 33.4 Å². The number of hydrogen-bond donors (Lipinski definition) is 0. The molecule has 0 unspecified atom stereocenters. The lowest BCUT2D eigenvalue weighted by Crippen LogP contribution is -2.82. The summed E-state index contributed by atoms with van der Waals surface area (Å²) < 4.78 is 21.4. The van der Waals surface area contributed by atoms with Crippen molar-refractivity contribution in [2.75, 3.05) is 28.4 Å². The van der Waals surface area contributed by atoms with Crippen molar-refractivity contribution in [3.8, 4) is 0 Å². The van der Waals surface area contributed by atoms with Gasteiger partial charge in [0.2, 0.25) is 5.79 Å². The van der Waals surface area contributed by atoms with Gasteiger partial charge in [0.05, 0.1) is 4.92 Å². The molecule has 2 rings (SSSR count). The molecule has 0 saturated heterocycles. The fraction of sp³-hybridized carbons (Fsp3) is 0.571. The molecule has 0 aromatic heterocycles. The molecule has 1 aliphatic rings. The van der Waals surface area contributed by atoms with Gasteiger partial charge in [-0.15, -0.1) is 0 Å². The first-order chi connectivity index (χ1) is 11.3. The molecule has 132 valence electrons. The zero-order valence-corrected chi connectivity index (χ0v) is 13.6. The Bertz CT molecular complexity index is 624. The Morgan fingerprint density at radius 3 is 1.67 bits per heavy atom. The highest BCUT2D eigenvalue weighted by molar-refractivity contribution is 5.39. The number of benzene rings is 1. The van der Waals surface area contributed by atoms with Gasteiger partial charge in [0.1, 0.15) is 5.92 Å². The third-order valence-corrected chi connectivity index (χ3v) is 4.50. The molecule has 0 spiro atoms. The molecule has 1 saturated carbocycles. The lowest BCUT2D eigenvalue weighted by Gasteiger charge is -2.59. The minimum absolute atomic E-state index is 0.124. The molecule has 1 aliphatic carbocycles. The smallest absolute Gasteiger partial charge is 0.294 e. The molecular formula is C14H18N2O8. The highest BCUT2D eigenvalue weighted by Gasteiger charge is 2.83. The Morgan fingerprint density at radius 2 is 1.33 bits per heavy atom. The Kier molecular flexibility index (Phi) is 4.85. The number of non-ortho nitro benzene ring substituents is 1. The van der Waals surface area contributed by atoms with Crippen molar-refractivity contribution in [1.82, 2.24) is 0 Å². The van der Waals surface area contributed by atoms with E-state index in [4.69, 9.17) is 18.9 Å². The maximum Gasteiger partial charge on any atom is 0.294 e. The van der Waals surface area contributed by atoms with Crippen molar-refractivity contribution in [3.63, 3.8) is 0 Å². The summed E-state index contributed by atoms with van der Waals surface area (Å²) >= 11 is 0. The lowest BCUT2D eigenvalue weighted by molar-refractivity contribution is -0.640. The molecule has 1 fully saturated rings. The highest BCUT2D eigenvalue weighted by Crippen LogP contribution is 2.59. The number of rotatable bonds is 7. The number of nitro groups is 2. The van der Waals surface area contributed by atoms with Crippen molar-refractivity contribution in [2.45, 2.75) is 23.5 Å². The Labute approximate surface area is 137 Å². The van der Waals surface area contributed by atoms with Crippen LogP contribution in [0.4, 0.5) is 5.69 Å². The molecule has 10 heteroatoms. The second-order valence-corrected chi connectivity index (χ2v) is 5.21. The van der Waals surface area contributed by atoms with Crippen LogP contribution in [-0.4, -0.2) is 55.9 Å². The molecular weight excluding hydrogens is 324 g/mol. The molecule has 0 N–H and O–H groups in total. The summed E-state index contributed by atoms with van der Waals surface area (Å²) in [5.74, 6) is -4.22. The fourth-order valence-electron chi connectivity index (χ4n) is 3.45. The van der Waals surface area contributed by atoms with Crippen LogP contribution in [0.3, 0.4) is 0 Å². The minimum Gasteiger partial charge on any atom is -0.348 e. The lowest BCUT2D eigenvalue weighted by atomic mass is 9.63. The van der Waals surface area contributed by atoms with Gasteiger partial charge >= 0.3 is 0 Å². The van der Waals surface area contributed by atoms with Gasteiger partial charge in [-0.2, -0.15) is 0 Å². The van der Waals surface area contributed by atoms with Crippen LogP contribution in [0.15, 0.2) is 24.3 Å². The highest BCUT2D eigenvalue weighted by atomic mass is 16.8.